The van der Waals surface area contributed by atoms with Crippen LogP contribution in [0.15, 0.2) is 61.8 Å². The van der Waals surface area contributed by atoms with Gasteiger partial charge in [0.25, 0.3) is 5.69 Å². The molecule has 5 rings (SSSR count). The fourth-order valence-electron chi connectivity index (χ4n) is 6.60. The van der Waals surface area contributed by atoms with Crippen LogP contribution >= 0.6 is 31.9 Å². The summed E-state index contributed by atoms with van der Waals surface area (Å²) in [4.78, 5) is 52.0. The molecule has 226 valence electrons. The number of rotatable bonds is 6. The highest BCUT2D eigenvalue weighted by Gasteiger charge is 2.49. The molecule has 0 radical (unpaired) electrons. The average Bonchev–Trinajstić information content (AvgIpc) is 2.87. The maximum atomic E-state index is 14.0. The molecule has 0 bridgehead atoms. The van der Waals surface area contributed by atoms with E-state index in [1.807, 2.05) is 6.92 Å². The SMILES string of the molecule is CCN1C2=C(C(=O)CC(C)(C)C2)C(c2cc(Br)cc(Br)c2Oc2ccc([N+](=O)[O-])cc2[N+](=O)[O-])C2=C1CC(C)(C)CC2=O. The molecule has 1 heterocycles. The minimum absolute atomic E-state index is 0.0535. The largest absolute Gasteiger partial charge is 0.449 e. The summed E-state index contributed by atoms with van der Waals surface area (Å²) in [5.41, 5.74) is 1.77. The number of hydrogen-bond donors (Lipinski definition) is 0. The van der Waals surface area contributed by atoms with Crippen molar-refractivity contribution in [2.75, 3.05) is 6.54 Å². The molecular formula is C31H31Br2N3O7. The van der Waals surface area contributed by atoms with E-state index < -0.39 is 27.1 Å². The molecule has 43 heavy (non-hydrogen) atoms. The molecule has 1 aliphatic heterocycles. The van der Waals surface area contributed by atoms with Gasteiger partial charge in [0.15, 0.2) is 11.6 Å². The second-order valence-electron chi connectivity index (χ2n) is 12.9. The van der Waals surface area contributed by atoms with E-state index in [0.29, 0.717) is 57.9 Å². The van der Waals surface area contributed by atoms with Gasteiger partial charge in [-0.05, 0) is 64.7 Å². The second-order valence-corrected chi connectivity index (χ2v) is 14.6. The van der Waals surface area contributed by atoms with Crippen LogP contribution in [0, 0.1) is 31.1 Å². The maximum Gasteiger partial charge on any atom is 0.318 e. The van der Waals surface area contributed by atoms with Crippen molar-refractivity contribution in [2.45, 2.75) is 66.2 Å². The van der Waals surface area contributed by atoms with Gasteiger partial charge < -0.3 is 9.64 Å². The number of carbonyl (C=O) groups excluding carboxylic acids is 2. The Morgan fingerprint density at radius 1 is 0.884 bits per heavy atom. The lowest BCUT2D eigenvalue weighted by Gasteiger charge is -2.49. The van der Waals surface area contributed by atoms with Gasteiger partial charge in [-0.2, -0.15) is 0 Å². The number of ether oxygens (including phenoxy) is 1. The smallest absolute Gasteiger partial charge is 0.318 e. The van der Waals surface area contributed by atoms with Crippen molar-refractivity contribution in [3.05, 3.63) is 87.6 Å². The van der Waals surface area contributed by atoms with Gasteiger partial charge in [0.2, 0.25) is 5.75 Å². The first kappa shape index (κ1) is 31.1. The topological polar surface area (TPSA) is 133 Å². The monoisotopic (exact) mass is 715 g/mol. The highest BCUT2D eigenvalue weighted by Crippen LogP contribution is 2.57. The molecule has 0 fully saturated rings. The Morgan fingerprint density at radius 2 is 1.44 bits per heavy atom. The predicted molar refractivity (Wildman–Crippen MR) is 167 cm³/mol. The van der Waals surface area contributed by atoms with E-state index >= 15 is 0 Å². The molecule has 2 aliphatic carbocycles. The summed E-state index contributed by atoms with van der Waals surface area (Å²) >= 11 is 7.09. The summed E-state index contributed by atoms with van der Waals surface area (Å²) in [5, 5.41) is 23.3. The number of ketones is 2. The van der Waals surface area contributed by atoms with Crippen LogP contribution in [0.1, 0.15) is 71.8 Å². The molecule has 2 aromatic carbocycles. The van der Waals surface area contributed by atoms with Crippen LogP contribution in [-0.4, -0.2) is 32.9 Å². The molecule has 0 spiro atoms. The number of benzene rings is 2. The average molecular weight is 717 g/mol. The number of nitro groups is 2. The zero-order valence-corrected chi connectivity index (χ0v) is 27.6. The van der Waals surface area contributed by atoms with Crippen molar-refractivity contribution < 1.29 is 24.2 Å². The Morgan fingerprint density at radius 3 is 1.93 bits per heavy atom. The van der Waals surface area contributed by atoms with Gasteiger partial charge in [-0.3, -0.25) is 29.8 Å². The zero-order chi connectivity index (χ0) is 31.6. The van der Waals surface area contributed by atoms with Crippen molar-refractivity contribution in [1.29, 1.82) is 0 Å². The summed E-state index contributed by atoms with van der Waals surface area (Å²) < 4.78 is 7.30. The van der Waals surface area contributed by atoms with Gasteiger partial charge in [0, 0.05) is 63.9 Å². The van der Waals surface area contributed by atoms with Crippen LogP contribution in [0.3, 0.4) is 0 Å². The van der Waals surface area contributed by atoms with Crippen LogP contribution in [-0.2, 0) is 9.59 Å². The molecule has 0 aromatic heterocycles. The van der Waals surface area contributed by atoms with Gasteiger partial charge in [0.1, 0.15) is 5.75 Å². The Kier molecular flexibility index (Phi) is 7.92. The van der Waals surface area contributed by atoms with Crippen molar-refractivity contribution in [3.63, 3.8) is 0 Å². The van der Waals surface area contributed by atoms with E-state index in [2.05, 4.69) is 64.5 Å². The minimum Gasteiger partial charge on any atom is -0.449 e. The Balaban J connectivity index is 1.79. The molecule has 0 amide bonds. The fourth-order valence-corrected chi connectivity index (χ4v) is 7.94. The van der Waals surface area contributed by atoms with Gasteiger partial charge >= 0.3 is 5.69 Å². The van der Waals surface area contributed by atoms with Crippen molar-refractivity contribution in [2.24, 2.45) is 10.8 Å². The van der Waals surface area contributed by atoms with Crippen molar-refractivity contribution in [3.8, 4) is 11.5 Å². The lowest BCUT2D eigenvalue weighted by atomic mass is 9.63. The third kappa shape index (κ3) is 5.66. The number of non-ortho nitro benzene ring substituents is 1. The van der Waals surface area contributed by atoms with Crippen LogP contribution in [0.2, 0.25) is 0 Å². The molecule has 0 saturated heterocycles. The van der Waals surface area contributed by atoms with Crippen LogP contribution in [0.5, 0.6) is 11.5 Å². The first-order valence-corrected chi connectivity index (χ1v) is 15.5. The molecule has 0 atom stereocenters. The number of nitrogens with zero attached hydrogens (tertiary/aromatic N) is 3. The first-order chi connectivity index (χ1) is 20.0. The number of carbonyl (C=O) groups is 2. The Bertz CT molecular complexity index is 1620. The lowest BCUT2D eigenvalue weighted by molar-refractivity contribution is -0.394. The molecule has 2 aromatic rings. The molecular weight excluding hydrogens is 686 g/mol. The number of Topliss-reactive ketones (excluding diaryl/α,β-unsaturated/α-hetero) is 2. The highest BCUT2D eigenvalue weighted by atomic mass is 79.9. The molecule has 3 aliphatic rings. The van der Waals surface area contributed by atoms with Gasteiger partial charge in [0.05, 0.1) is 20.4 Å². The third-order valence-electron chi connectivity index (χ3n) is 8.25. The number of halogens is 2. The van der Waals surface area contributed by atoms with Gasteiger partial charge in [-0.1, -0.05) is 43.6 Å². The van der Waals surface area contributed by atoms with E-state index in [9.17, 15) is 29.8 Å². The summed E-state index contributed by atoms with van der Waals surface area (Å²) in [5.74, 6) is -0.893. The third-order valence-corrected chi connectivity index (χ3v) is 9.30. The minimum atomic E-state index is -0.763. The standard InChI is InChI=1S/C31H31Br2N3O7/c1-6-34-21-12-30(2,3)14-23(37)27(21)26(28-22(34)13-31(4,5)15-24(28)38)18-9-16(32)10-19(33)29(18)43-25-8-7-17(35(39)40)11-20(25)36(41)42/h7-11,26H,6,12-15H2,1-5H3. The number of allylic oxidation sites excluding steroid dienone is 4. The fraction of sp³-hybridized carbons (Fsp3) is 0.419. The van der Waals surface area contributed by atoms with Crippen LogP contribution in [0.25, 0.3) is 0 Å². The van der Waals surface area contributed by atoms with E-state index in [0.717, 1.165) is 23.5 Å². The number of hydrogen-bond acceptors (Lipinski definition) is 8. The van der Waals surface area contributed by atoms with Crippen molar-refractivity contribution in [1.82, 2.24) is 4.90 Å². The van der Waals surface area contributed by atoms with E-state index in [4.69, 9.17) is 4.74 Å². The lowest BCUT2D eigenvalue weighted by Crippen LogP contribution is -2.44. The molecule has 0 N–H and O–H groups in total. The molecule has 0 saturated carbocycles. The zero-order valence-electron chi connectivity index (χ0n) is 24.5. The maximum absolute atomic E-state index is 14.0. The van der Waals surface area contributed by atoms with E-state index in [1.54, 1.807) is 12.1 Å². The highest BCUT2D eigenvalue weighted by molar-refractivity contribution is 9.11. The molecule has 10 nitrogen and oxygen atoms in total. The molecule has 12 heteroatoms. The van der Waals surface area contributed by atoms with E-state index in [-0.39, 0.29) is 33.9 Å². The Labute approximate surface area is 265 Å². The van der Waals surface area contributed by atoms with Crippen molar-refractivity contribution >= 4 is 54.8 Å². The predicted octanol–water partition coefficient (Wildman–Crippen LogP) is 8.53. The summed E-state index contributed by atoms with van der Waals surface area (Å²) in [7, 11) is 0. The summed E-state index contributed by atoms with van der Waals surface area (Å²) in [6, 6.07) is 6.65. The number of nitro benzene ring substituents is 2. The summed E-state index contributed by atoms with van der Waals surface area (Å²) in [6.07, 6.45) is 1.90. The Hall–Kier alpha value is -3.38. The van der Waals surface area contributed by atoms with Crippen LogP contribution in [0.4, 0.5) is 11.4 Å². The molecule has 0 unspecified atom stereocenters. The van der Waals surface area contributed by atoms with Gasteiger partial charge in [-0.15, -0.1) is 0 Å². The van der Waals surface area contributed by atoms with Gasteiger partial charge in [-0.25, -0.2) is 0 Å². The summed E-state index contributed by atoms with van der Waals surface area (Å²) in [6.45, 7) is 10.9. The normalized spacial score (nSPS) is 19.7. The first-order valence-electron chi connectivity index (χ1n) is 13.9. The van der Waals surface area contributed by atoms with Crippen LogP contribution < -0.4 is 4.74 Å². The van der Waals surface area contributed by atoms with E-state index in [1.165, 1.54) is 6.07 Å². The quantitative estimate of drug-likeness (QED) is 0.215. The second kappa shape index (κ2) is 11.0.